The molecule has 0 aromatic carbocycles. The monoisotopic (exact) mass is 188 g/mol. The molecule has 0 fully saturated rings. The van der Waals surface area contributed by atoms with E-state index < -0.39 is 5.97 Å². The minimum atomic E-state index is -0.501. The fourth-order valence-corrected chi connectivity index (χ4v) is 0.341. The standard InChI is InChI=1S/C5H8O3.C4H8O/c1-2-5(7)8-4-3-6;1-3-4-5-2/h2,6H,1,3-4H2;3-4H,1-2H3/b;4-3+. The van der Waals surface area contributed by atoms with Crippen molar-refractivity contribution in [3.8, 4) is 0 Å². The van der Waals surface area contributed by atoms with Gasteiger partial charge < -0.3 is 14.6 Å². The van der Waals surface area contributed by atoms with Crippen molar-refractivity contribution < 1.29 is 19.4 Å². The Morgan fingerprint density at radius 1 is 1.62 bits per heavy atom. The summed E-state index contributed by atoms with van der Waals surface area (Å²) in [6, 6.07) is 0. The van der Waals surface area contributed by atoms with Crippen LogP contribution in [0.1, 0.15) is 6.92 Å². The van der Waals surface area contributed by atoms with Crippen molar-refractivity contribution in [2.45, 2.75) is 6.92 Å². The number of aliphatic hydroxyl groups excluding tert-OH is 1. The number of methoxy groups -OCH3 is 1. The van der Waals surface area contributed by atoms with Crippen LogP contribution in [-0.2, 0) is 14.3 Å². The third-order valence-corrected chi connectivity index (χ3v) is 0.774. The van der Waals surface area contributed by atoms with Crippen LogP contribution in [0.3, 0.4) is 0 Å². The van der Waals surface area contributed by atoms with Gasteiger partial charge in [-0.15, -0.1) is 0 Å². The molecule has 0 amide bonds. The predicted octanol–water partition coefficient (Wildman–Crippen LogP) is 0.874. The zero-order valence-corrected chi connectivity index (χ0v) is 8.03. The van der Waals surface area contributed by atoms with Gasteiger partial charge in [-0.3, -0.25) is 0 Å². The van der Waals surface area contributed by atoms with Crippen LogP contribution in [-0.4, -0.2) is 31.4 Å². The third-order valence-electron chi connectivity index (χ3n) is 0.774. The Kier molecular flexibility index (Phi) is 14.6. The Morgan fingerprint density at radius 2 is 2.23 bits per heavy atom. The van der Waals surface area contributed by atoms with Crippen LogP contribution in [0.5, 0.6) is 0 Å². The molecule has 76 valence electrons. The molecule has 0 aliphatic heterocycles. The van der Waals surface area contributed by atoms with Crippen LogP contribution >= 0.6 is 0 Å². The Bertz CT molecular complexity index is 152. The van der Waals surface area contributed by atoms with Crippen molar-refractivity contribution in [2.75, 3.05) is 20.3 Å². The third kappa shape index (κ3) is 18.0. The van der Waals surface area contributed by atoms with E-state index in [4.69, 9.17) is 5.11 Å². The topological polar surface area (TPSA) is 55.8 Å². The van der Waals surface area contributed by atoms with Gasteiger partial charge in [-0.25, -0.2) is 4.79 Å². The molecule has 4 heteroatoms. The lowest BCUT2D eigenvalue weighted by Crippen LogP contribution is -2.04. The SMILES string of the molecule is C/C=C/OC.C=CC(=O)OCCO. The first-order valence-corrected chi connectivity index (χ1v) is 3.76. The number of esters is 1. The summed E-state index contributed by atoms with van der Waals surface area (Å²) in [5.41, 5.74) is 0. The molecule has 0 spiro atoms. The van der Waals surface area contributed by atoms with Crippen LogP contribution < -0.4 is 0 Å². The van der Waals surface area contributed by atoms with Gasteiger partial charge in [0, 0.05) is 6.08 Å². The van der Waals surface area contributed by atoms with Gasteiger partial charge in [0.1, 0.15) is 6.61 Å². The summed E-state index contributed by atoms with van der Waals surface area (Å²) in [5.74, 6) is -0.501. The second-order valence-corrected chi connectivity index (χ2v) is 1.80. The van der Waals surface area contributed by atoms with E-state index in [-0.39, 0.29) is 13.2 Å². The van der Waals surface area contributed by atoms with Gasteiger partial charge in [0.15, 0.2) is 0 Å². The molecule has 0 rings (SSSR count). The molecule has 0 unspecified atom stereocenters. The first-order chi connectivity index (χ1) is 6.22. The van der Waals surface area contributed by atoms with Crippen molar-refractivity contribution in [3.05, 3.63) is 25.0 Å². The summed E-state index contributed by atoms with van der Waals surface area (Å²) in [5, 5.41) is 8.10. The largest absolute Gasteiger partial charge is 0.505 e. The van der Waals surface area contributed by atoms with Crippen LogP contribution in [0.4, 0.5) is 0 Å². The van der Waals surface area contributed by atoms with E-state index in [1.165, 1.54) is 0 Å². The van der Waals surface area contributed by atoms with Gasteiger partial charge in [-0.2, -0.15) is 0 Å². The maximum Gasteiger partial charge on any atom is 0.330 e. The molecule has 0 aliphatic rings. The Labute approximate surface area is 78.5 Å². The molecule has 4 nitrogen and oxygen atoms in total. The average Bonchev–Trinajstić information content (AvgIpc) is 2.16. The fraction of sp³-hybridized carbons (Fsp3) is 0.444. The lowest BCUT2D eigenvalue weighted by Gasteiger charge is -1.94. The van der Waals surface area contributed by atoms with Crippen LogP contribution in [0.15, 0.2) is 25.0 Å². The predicted molar refractivity (Wildman–Crippen MR) is 50.1 cm³/mol. The highest BCUT2D eigenvalue weighted by atomic mass is 16.5. The van der Waals surface area contributed by atoms with Crippen molar-refractivity contribution in [1.29, 1.82) is 0 Å². The molecule has 0 aromatic rings. The Balaban J connectivity index is 0. The first-order valence-electron chi connectivity index (χ1n) is 3.76. The molecule has 1 N–H and O–H groups in total. The van der Waals surface area contributed by atoms with E-state index >= 15 is 0 Å². The molecule has 0 radical (unpaired) electrons. The van der Waals surface area contributed by atoms with E-state index in [1.807, 2.05) is 13.0 Å². The smallest absolute Gasteiger partial charge is 0.330 e. The van der Waals surface area contributed by atoms with Gasteiger partial charge in [-0.1, -0.05) is 12.7 Å². The van der Waals surface area contributed by atoms with Gasteiger partial charge in [0.2, 0.25) is 0 Å². The van der Waals surface area contributed by atoms with E-state index in [0.717, 1.165) is 6.08 Å². The summed E-state index contributed by atoms with van der Waals surface area (Å²) in [4.78, 5) is 10.1. The van der Waals surface area contributed by atoms with E-state index in [2.05, 4.69) is 16.1 Å². The summed E-state index contributed by atoms with van der Waals surface area (Å²) < 4.78 is 8.84. The number of allylic oxidation sites excluding steroid dienone is 1. The van der Waals surface area contributed by atoms with Gasteiger partial charge >= 0.3 is 5.97 Å². The molecule has 0 aliphatic carbocycles. The second kappa shape index (κ2) is 13.3. The van der Waals surface area contributed by atoms with Crippen LogP contribution in [0.2, 0.25) is 0 Å². The average molecular weight is 188 g/mol. The molecule has 13 heavy (non-hydrogen) atoms. The van der Waals surface area contributed by atoms with Crippen molar-refractivity contribution in [3.63, 3.8) is 0 Å². The number of hydrogen-bond donors (Lipinski definition) is 1. The van der Waals surface area contributed by atoms with E-state index in [0.29, 0.717) is 0 Å². The number of carbonyl (C=O) groups is 1. The zero-order valence-electron chi connectivity index (χ0n) is 8.03. The quantitative estimate of drug-likeness (QED) is 0.404. The summed E-state index contributed by atoms with van der Waals surface area (Å²) in [7, 11) is 1.62. The number of hydrogen-bond acceptors (Lipinski definition) is 4. The Hall–Kier alpha value is -1.29. The van der Waals surface area contributed by atoms with Gasteiger partial charge in [-0.05, 0) is 6.92 Å². The summed E-state index contributed by atoms with van der Waals surface area (Å²) >= 11 is 0. The van der Waals surface area contributed by atoms with Crippen molar-refractivity contribution >= 4 is 5.97 Å². The van der Waals surface area contributed by atoms with Crippen LogP contribution in [0.25, 0.3) is 0 Å². The molecular formula is C9H16O4. The fourth-order valence-electron chi connectivity index (χ4n) is 0.341. The van der Waals surface area contributed by atoms with Gasteiger partial charge in [0.25, 0.3) is 0 Å². The number of aliphatic hydroxyl groups is 1. The molecule has 0 aromatic heterocycles. The molecule has 0 bridgehead atoms. The number of carbonyl (C=O) groups excluding carboxylic acids is 1. The maximum absolute atomic E-state index is 10.1. The number of rotatable bonds is 4. The highest BCUT2D eigenvalue weighted by molar-refractivity contribution is 5.81. The molecule has 0 saturated heterocycles. The Morgan fingerprint density at radius 3 is 2.46 bits per heavy atom. The maximum atomic E-state index is 10.1. The van der Waals surface area contributed by atoms with E-state index in [1.54, 1.807) is 13.4 Å². The van der Waals surface area contributed by atoms with Crippen molar-refractivity contribution in [1.82, 2.24) is 0 Å². The lowest BCUT2D eigenvalue weighted by atomic mass is 10.6. The number of ether oxygens (including phenoxy) is 2. The molecular weight excluding hydrogens is 172 g/mol. The lowest BCUT2D eigenvalue weighted by molar-refractivity contribution is -0.138. The summed E-state index contributed by atoms with van der Waals surface area (Å²) in [6.45, 7) is 4.97. The van der Waals surface area contributed by atoms with Gasteiger partial charge in [0.05, 0.1) is 20.0 Å². The highest BCUT2D eigenvalue weighted by Crippen LogP contribution is 1.75. The minimum Gasteiger partial charge on any atom is -0.505 e. The molecule has 0 saturated carbocycles. The normalized spacial score (nSPS) is 8.54. The van der Waals surface area contributed by atoms with Crippen LogP contribution in [0, 0.1) is 0 Å². The molecule has 0 heterocycles. The molecule has 0 atom stereocenters. The summed E-state index contributed by atoms with van der Waals surface area (Å²) in [6.07, 6.45) is 4.51. The zero-order chi connectivity index (χ0) is 10.5. The first kappa shape index (κ1) is 14.2. The minimum absolute atomic E-state index is 0.0465. The van der Waals surface area contributed by atoms with Crippen molar-refractivity contribution in [2.24, 2.45) is 0 Å². The highest BCUT2D eigenvalue weighted by Gasteiger charge is 1.90. The van der Waals surface area contributed by atoms with E-state index in [9.17, 15) is 4.79 Å². The second-order valence-electron chi connectivity index (χ2n) is 1.80.